The number of amides is 1. The second kappa shape index (κ2) is 8.48. The van der Waals surface area contributed by atoms with Crippen LogP contribution in [0.2, 0.25) is 0 Å². The standard InChI is InChI=1S/C18H16BrN3O4/c1-24-14-6-2-12(3-7-14)18-21-16(22-26-18)10-20-17(23)11-25-15-8-4-13(19)5-9-15/h2-9H,10-11H2,1H3,(H,20,23). The van der Waals surface area contributed by atoms with Gasteiger partial charge in [-0.25, -0.2) is 0 Å². The minimum atomic E-state index is -0.274. The molecule has 1 amide bonds. The molecular weight excluding hydrogens is 402 g/mol. The maximum Gasteiger partial charge on any atom is 0.258 e. The predicted molar refractivity (Wildman–Crippen MR) is 97.8 cm³/mol. The van der Waals surface area contributed by atoms with E-state index in [9.17, 15) is 4.79 Å². The highest BCUT2D eigenvalue weighted by atomic mass is 79.9. The number of benzene rings is 2. The highest BCUT2D eigenvalue weighted by Gasteiger charge is 2.10. The van der Waals surface area contributed by atoms with E-state index in [0.29, 0.717) is 17.5 Å². The highest BCUT2D eigenvalue weighted by molar-refractivity contribution is 9.10. The summed E-state index contributed by atoms with van der Waals surface area (Å²) in [7, 11) is 1.60. The lowest BCUT2D eigenvalue weighted by molar-refractivity contribution is -0.123. The lowest BCUT2D eigenvalue weighted by Crippen LogP contribution is -2.28. The van der Waals surface area contributed by atoms with Crippen molar-refractivity contribution >= 4 is 21.8 Å². The van der Waals surface area contributed by atoms with Crippen LogP contribution in [-0.4, -0.2) is 29.8 Å². The first-order valence-corrected chi connectivity index (χ1v) is 8.55. The Morgan fingerprint density at radius 2 is 1.81 bits per heavy atom. The summed E-state index contributed by atoms with van der Waals surface area (Å²) in [4.78, 5) is 16.1. The first-order chi connectivity index (χ1) is 12.6. The van der Waals surface area contributed by atoms with Gasteiger partial charge in [0, 0.05) is 10.0 Å². The molecule has 7 nitrogen and oxygen atoms in total. The van der Waals surface area contributed by atoms with Gasteiger partial charge in [-0.15, -0.1) is 0 Å². The van der Waals surface area contributed by atoms with E-state index in [1.54, 1.807) is 31.4 Å². The van der Waals surface area contributed by atoms with E-state index in [1.807, 2.05) is 24.3 Å². The van der Waals surface area contributed by atoms with Crippen LogP contribution in [0.3, 0.4) is 0 Å². The molecule has 1 aromatic heterocycles. The molecule has 0 aliphatic rings. The molecule has 0 atom stereocenters. The molecule has 1 N–H and O–H groups in total. The first kappa shape index (κ1) is 17.9. The number of ether oxygens (including phenoxy) is 2. The van der Waals surface area contributed by atoms with Crippen LogP contribution in [0.1, 0.15) is 5.82 Å². The number of nitrogens with zero attached hydrogens (tertiary/aromatic N) is 2. The summed E-state index contributed by atoms with van der Waals surface area (Å²) < 4.78 is 16.7. The van der Waals surface area contributed by atoms with E-state index in [4.69, 9.17) is 14.0 Å². The van der Waals surface area contributed by atoms with E-state index < -0.39 is 0 Å². The molecular formula is C18H16BrN3O4. The fraction of sp³-hybridized carbons (Fsp3) is 0.167. The summed E-state index contributed by atoms with van der Waals surface area (Å²) in [6, 6.07) is 14.5. The number of hydrogen-bond acceptors (Lipinski definition) is 6. The van der Waals surface area contributed by atoms with E-state index in [0.717, 1.165) is 15.8 Å². The number of nitrogens with one attached hydrogen (secondary N) is 1. The number of carbonyl (C=O) groups is 1. The summed E-state index contributed by atoms with van der Waals surface area (Å²) in [5.74, 6) is 1.84. The summed E-state index contributed by atoms with van der Waals surface area (Å²) in [5.41, 5.74) is 0.773. The molecule has 1 heterocycles. The summed E-state index contributed by atoms with van der Waals surface area (Å²) >= 11 is 3.34. The lowest BCUT2D eigenvalue weighted by Gasteiger charge is -2.06. The fourth-order valence-corrected chi connectivity index (χ4v) is 2.35. The van der Waals surface area contributed by atoms with Crippen molar-refractivity contribution in [3.8, 4) is 23.0 Å². The number of rotatable bonds is 7. The van der Waals surface area contributed by atoms with Crippen molar-refractivity contribution in [2.45, 2.75) is 6.54 Å². The molecule has 0 aliphatic carbocycles. The summed E-state index contributed by atoms with van der Waals surface area (Å²) in [6.07, 6.45) is 0. The van der Waals surface area contributed by atoms with Crippen LogP contribution in [0.15, 0.2) is 57.5 Å². The van der Waals surface area contributed by atoms with E-state index in [2.05, 4.69) is 31.4 Å². The van der Waals surface area contributed by atoms with E-state index in [-0.39, 0.29) is 19.1 Å². The normalized spacial score (nSPS) is 10.4. The van der Waals surface area contributed by atoms with Gasteiger partial charge in [-0.05, 0) is 48.5 Å². The Hall–Kier alpha value is -2.87. The molecule has 0 saturated heterocycles. The molecule has 0 spiro atoms. The third kappa shape index (κ3) is 4.82. The molecule has 134 valence electrons. The van der Waals surface area contributed by atoms with Gasteiger partial charge in [-0.2, -0.15) is 4.98 Å². The van der Waals surface area contributed by atoms with Crippen LogP contribution in [0, 0.1) is 0 Å². The Kier molecular flexibility index (Phi) is 5.85. The molecule has 0 saturated carbocycles. The lowest BCUT2D eigenvalue weighted by atomic mass is 10.2. The number of methoxy groups -OCH3 is 1. The zero-order valence-corrected chi connectivity index (χ0v) is 15.5. The average molecular weight is 418 g/mol. The van der Waals surface area contributed by atoms with E-state index >= 15 is 0 Å². The van der Waals surface area contributed by atoms with Crippen molar-refractivity contribution in [1.29, 1.82) is 0 Å². The summed E-state index contributed by atoms with van der Waals surface area (Å²) in [5, 5.41) is 6.54. The van der Waals surface area contributed by atoms with Gasteiger partial charge in [0.15, 0.2) is 12.4 Å². The quantitative estimate of drug-likeness (QED) is 0.634. The van der Waals surface area contributed by atoms with Crippen LogP contribution in [0.4, 0.5) is 0 Å². The van der Waals surface area contributed by atoms with Crippen molar-refractivity contribution in [3.63, 3.8) is 0 Å². The van der Waals surface area contributed by atoms with Crippen molar-refractivity contribution in [2.75, 3.05) is 13.7 Å². The monoisotopic (exact) mass is 417 g/mol. The maximum absolute atomic E-state index is 11.9. The molecule has 3 aromatic rings. The number of hydrogen-bond donors (Lipinski definition) is 1. The Morgan fingerprint density at radius 3 is 2.50 bits per heavy atom. The molecule has 2 aromatic carbocycles. The maximum atomic E-state index is 11.9. The van der Waals surface area contributed by atoms with Gasteiger partial charge in [0.05, 0.1) is 13.7 Å². The largest absolute Gasteiger partial charge is 0.497 e. The Balaban J connectivity index is 1.49. The smallest absolute Gasteiger partial charge is 0.258 e. The van der Waals surface area contributed by atoms with Crippen molar-refractivity contribution < 1.29 is 18.8 Å². The molecule has 0 radical (unpaired) electrons. The number of halogens is 1. The third-order valence-electron chi connectivity index (χ3n) is 3.43. The van der Waals surface area contributed by atoms with Gasteiger partial charge in [-0.1, -0.05) is 21.1 Å². The average Bonchev–Trinajstić information content (AvgIpc) is 3.15. The Bertz CT molecular complexity index is 863. The zero-order valence-electron chi connectivity index (χ0n) is 13.9. The fourth-order valence-electron chi connectivity index (χ4n) is 2.08. The molecule has 0 fully saturated rings. The van der Waals surface area contributed by atoms with Gasteiger partial charge in [0.25, 0.3) is 11.8 Å². The van der Waals surface area contributed by atoms with Gasteiger partial charge in [0.1, 0.15) is 11.5 Å². The second-order valence-electron chi connectivity index (χ2n) is 5.26. The third-order valence-corrected chi connectivity index (χ3v) is 3.96. The minimum Gasteiger partial charge on any atom is -0.497 e. The van der Waals surface area contributed by atoms with Gasteiger partial charge < -0.3 is 19.3 Å². The molecule has 0 aliphatic heterocycles. The van der Waals surface area contributed by atoms with Crippen molar-refractivity contribution in [3.05, 3.63) is 58.8 Å². The number of aromatic nitrogens is 2. The SMILES string of the molecule is COc1ccc(-c2nc(CNC(=O)COc3ccc(Br)cc3)no2)cc1. The molecule has 0 unspecified atom stereocenters. The second-order valence-corrected chi connectivity index (χ2v) is 6.18. The van der Waals surface area contributed by atoms with Crippen LogP contribution >= 0.6 is 15.9 Å². The van der Waals surface area contributed by atoms with Gasteiger partial charge in [-0.3, -0.25) is 4.79 Å². The van der Waals surface area contributed by atoms with Crippen molar-refractivity contribution in [1.82, 2.24) is 15.5 Å². The molecule has 8 heteroatoms. The Morgan fingerprint density at radius 1 is 1.12 bits per heavy atom. The molecule has 0 bridgehead atoms. The highest BCUT2D eigenvalue weighted by Crippen LogP contribution is 2.20. The molecule has 3 rings (SSSR count). The van der Waals surface area contributed by atoms with Crippen molar-refractivity contribution in [2.24, 2.45) is 0 Å². The van der Waals surface area contributed by atoms with Crippen LogP contribution < -0.4 is 14.8 Å². The van der Waals surface area contributed by atoms with Gasteiger partial charge in [0.2, 0.25) is 0 Å². The summed E-state index contributed by atoms with van der Waals surface area (Å²) in [6.45, 7) is 0.0625. The number of carbonyl (C=O) groups excluding carboxylic acids is 1. The Labute approximate surface area is 158 Å². The first-order valence-electron chi connectivity index (χ1n) is 7.76. The predicted octanol–water partition coefficient (Wildman–Crippen LogP) is 3.20. The van der Waals surface area contributed by atoms with Crippen LogP contribution in [0.5, 0.6) is 11.5 Å². The topological polar surface area (TPSA) is 86.5 Å². The minimum absolute atomic E-state index is 0.0924. The zero-order chi connectivity index (χ0) is 18.4. The van der Waals surface area contributed by atoms with Crippen LogP contribution in [0.25, 0.3) is 11.5 Å². The van der Waals surface area contributed by atoms with E-state index in [1.165, 1.54) is 0 Å². The molecule has 26 heavy (non-hydrogen) atoms. The van der Waals surface area contributed by atoms with Gasteiger partial charge >= 0.3 is 0 Å². The van der Waals surface area contributed by atoms with Crippen LogP contribution in [-0.2, 0) is 11.3 Å².